The van der Waals surface area contributed by atoms with Crippen LogP contribution in [0.5, 0.6) is 0 Å². The molecular formula is C18H24N4. The molecule has 1 aromatic carbocycles. The van der Waals surface area contributed by atoms with Crippen LogP contribution < -0.4 is 10.2 Å². The molecule has 1 aromatic heterocycles. The molecule has 0 aliphatic carbocycles. The van der Waals surface area contributed by atoms with Crippen LogP contribution in [-0.4, -0.2) is 23.1 Å². The molecule has 1 fully saturated rings. The highest BCUT2D eigenvalue weighted by atomic mass is 15.2. The van der Waals surface area contributed by atoms with Crippen molar-refractivity contribution in [2.45, 2.75) is 33.2 Å². The van der Waals surface area contributed by atoms with Crippen LogP contribution in [0, 0.1) is 12.8 Å². The highest BCUT2D eigenvalue weighted by Gasteiger charge is 2.17. The molecule has 2 aromatic rings. The quantitative estimate of drug-likeness (QED) is 0.935. The molecule has 0 spiro atoms. The number of nitrogens with one attached hydrogen (secondary N) is 1. The maximum absolute atomic E-state index is 4.43. The third-order valence-corrected chi connectivity index (χ3v) is 4.32. The van der Waals surface area contributed by atoms with Gasteiger partial charge < -0.3 is 10.2 Å². The fraction of sp³-hybridized carbons (Fsp3) is 0.444. The first kappa shape index (κ1) is 14.8. The molecule has 1 aliphatic heterocycles. The SMILES string of the molecule is Cc1cccc(CNc2cc(N3CCC(C)CC3)ncn2)c1. The Morgan fingerprint density at radius 2 is 2.00 bits per heavy atom. The van der Waals surface area contributed by atoms with Gasteiger partial charge in [-0.2, -0.15) is 0 Å². The van der Waals surface area contributed by atoms with Gasteiger partial charge in [0, 0.05) is 25.7 Å². The number of piperidine rings is 1. The summed E-state index contributed by atoms with van der Waals surface area (Å²) < 4.78 is 0. The van der Waals surface area contributed by atoms with Crippen molar-refractivity contribution in [2.24, 2.45) is 5.92 Å². The Morgan fingerprint density at radius 1 is 1.18 bits per heavy atom. The van der Waals surface area contributed by atoms with Gasteiger partial charge in [0.15, 0.2) is 0 Å². The first-order valence-corrected chi connectivity index (χ1v) is 8.07. The van der Waals surface area contributed by atoms with Gasteiger partial charge in [0.1, 0.15) is 18.0 Å². The summed E-state index contributed by atoms with van der Waals surface area (Å²) in [6.45, 7) is 7.41. The fourth-order valence-electron chi connectivity index (χ4n) is 2.87. The van der Waals surface area contributed by atoms with E-state index in [9.17, 15) is 0 Å². The van der Waals surface area contributed by atoms with E-state index in [1.165, 1.54) is 24.0 Å². The van der Waals surface area contributed by atoms with E-state index in [0.29, 0.717) is 0 Å². The molecule has 4 heteroatoms. The van der Waals surface area contributed by atoms with E-state index in [0.717, 1.165) is 37.2 Å². The molecule has 2 heterocycles. The van der Waals surface area contributed by atoms with Crippen molar-refractivity contribution in [2.75, 3.05) is 23.3 Å². The van der Waals surface area contributed by atoms with Gasteiger partial charge >= 0.3 is 0 Å². The number of aromatic nitrogens is 2. The summed E-state index contributed by atoms with van der Waals surface area (Å²) in [5.74, 6) is 2.76. The molecule has 0 amide bonds. The highest BCUT2D eigenvalue weighted by Crippen LogP contribution is 2.22. The number of nitrogens with zero attached hydrogens (tertiary/aromatic N) is 3. The topological polar surface area (TPSA) is 41.0 Å². The van der Waals surface area contributed by atoms with E-state index in [4.69, 9.17) is 0 Å². The second kappa shape index (κ2) is 6.77. The average molecular weight is 296 g/mol. The van der Waals surface area contributed by atoms with E-state index in [1.54, 1.807) is 6.33 Å². The molecule has 1 saturated heterocycles. The van der Waals surface area contributed by atoms with Crippen LogP contribution in [0.3, 0.4) is 0 Å². The van der Waals surface area contributed by atoms with Crippen LogP contribution in [0.25, 0.3) is 0 Å². The molecule has 0 atom stereocenters. The van der Waals surface area contributed by atoms with Crippen molar-refractivity contribution >= 4 is 11.6 Å². The van der Waals surface area contributed by atoms with Crippen molar-refractivity contribution in [3.8, 4) is 0 Å². The minimum Gasteiger partial charge on any atom is -0.366 e. The largest absolute Gasteiger partial charge is 0.366 e. The van der Waals surface area contributed by atoms with Gasteiger partial charge in [-0.15, -0.1) is 0 Å². The van der Waals surface area contributed by atoms with E-state index in [-0.39, 0.29) is 0 Å². The zero-order chi connectivity index (χ0) is 15.4. The van der Waals surface area contributed by atoms with Gasteiger partial charge in [-0.1, -0.05) is 36.8 Å². The van der Waals surface area contributed by atoms with E-state index in [2.05, 4.69) is 64.4 Å². The number of benzene rings is 1. The molecule has 0 radical (unpaired) electrons. The second-order valence-electron chi connectivity index (χ2n) is 6.27. The molecule has 4 nitrogen and oxygen atoms in total. The second-order valence-corrected chi connectivity index (χ2v) is 6.27. The van der Waals surface area contributed by atoms with Crippen molar-refractivity contribution in [1.82, 2.24) is 9.97 Å². The van der Waals surface area contributed by atoms with Crippen molar-refractivity contribution in [3.05, 3.63) is 47.8 Å². The number of aryl methyl sites for hydroxylation is 1. The van der Waals surface area contributed by atoms with Gasteiger partial charge in [-0.25, -0.2) is 9.97 Å². The first-order chi connectivity index (χ1) is 10.7. The van der Waals surface area contributed by atoms with Gasteiger partial charge in [0.25, 0.3) is 0 Å². The number of anilines is 2. The van der Waals surface area contributed by atoms with Gasteiger partial charge in [0.05, 0.1) is 0 Å². The van der Waals surface area contributed by atoms with Gasteiger partial charge in [-0.3, -0.25) is 0 Å². The average Bonchev–Trinajstić information content (AvgIpc) is 2.54. The summed E-state index contributed by atoms with van der Waals surface area (Å²) in [6.07, 6.45) is 4.15. The van der Waals surface area contributed by atoms with Crippen LogP contribution in [0.4, 0.5) is 11.6 Å². The lowest BCUT2D eigenvalue weighted by molar-refractivity contribution is 0.436. The maximum atomic E-state index is 4.43. The van der Waals surface area contributed by atoms with Crippen molar-refractivity contribution in [3.63, 3.8) is 0 Å². The van der Waals surface area contributed by atoms with Crippen LogP contribution in [0.15, 0.2) is 36.7 Å². The normalized spacial score (nSPS) is 15.8. The summed E-state index contributed by atoms with van der Waals surface area (Å²) in [7, 11) is 0. The Morgan fingerprint density at radius 3 is 2.77 bits per heavy atom. The Balaban J connectivity index is 1.64. The minimum absolute atomic E-state index is 0.787. The molecule has 0 saturated carbocycles. The first-order valence-electron chi connectivity index (χ1n) is 8.07. The fourth-order valence-corrected chi connectivity index (χ4v) is 2.87. The van der Waals surface area contributed by atoms with E-state index < -0.39 is 0 Å². The minimum atomic E-state index is 0.787. The molecule has 116 valence electrons. The summed E-state index contributed by atoms with van der Waals surface area (Å²) in [6, 6.07) is 10.6. The van der Waals surface area contributed by atoms with Crippen LogP contribution >= 0.6 is 0 Å². The third-order valence-electron chi connectivity index (χ3n) is 4.32. The van der Waals surface area contributed by atoms with Gasteiger partial charge in [0.2, 0.25) is 0 Å². The van der Waals surface area contributed by atoms with E-state index >= 15 is 0 Å². The number of hydrogen-bond acceptors (Lipinski definition) is 4. The molecule has 0 bridgehead atoms. The molecular weight excluding hydrogens is 272 g/mol. The standard InChI is InChI=1S/C18H24N4/c1-14-6-8-22(9-7-14)18-11-17(20-13-21-18)19-12-16-5-3-4-15(2)10-16/h3-5,10-11,13-14H,6-9,12H2,1-2H3,(H,19,20,21). The number of rotatable bonds is 4. The summed E-state index contributed by atoms with van der Waals surface area (Å²) >= 11 is 0. The molecule has 1 aliphatic rings. The Bertz CT molecular complexity index is 618. The van der Waals surface area contributed by atoms with Crippen molar-refractivity contribution in [1.29, 1.82) is 0 Å². The van der Waals surface area contributed by atoms with Gasteiger partial charge in [-0.05, 0) is 31.2 Å². The summed E-state index contributed by atoms with van der Waals surface area (Å²) in [5, 5.41) is 3.40. The molecule has 1 N–H and O–H groups in total. The Hall–Kier alpha value is -2.10. The summed E-state index contributed by atoms with van der Waals surface area (Å²) in [4.78, 5) is 11.1. The Labute approximate surface area is 132 Å². The predicted octanol–water partition coefficient (Wildman–Crippen LogP) is 3.63. The zero-order valence-corrected chi connectivity index (χ0v) is 13.4. The third kappa shape index (κ3) is 3.75. The molecule has 0 unspecified atom stereocenters. The van der Waals surface area contributed by atoms with Crippen LogP contribution in [0.2, 0.25) is 0 Å². The zero-order valence-electron chi connectivity index (χ0n) is 13.4. The smallest absolute Gasteiger partial charge is 0.134 e. The molecule has 3 rings (SSSR count). The predicted molar refractivity (Wildman–Crippen MR) is 91.1 cm³/mol. The molecule has 22 heavy (non-hydrogen) atoms. The lowest BCUT2D eigenvalue weighted by Crippen LogP contribution is -2.33. The lowest BCUT2D eigenvalue weighted by atomic mass is 9.99. The Kier molecular flexibility index (Phi) is 4.56. The lowest BCUT2D eigenvalue weighted by Gasteiger charge is -2.31. The summed E-state index contributed by atoms with van der Waals surface area (Å²) in [5.41, 5.74) is 2.55. The van der Waals surface area contributed by atoms with Crippen LogP contribution in [-0.2, 0) is 6.54 Å². The maximum Gasteiger partial charge on any atom is 0.134 e. The monoisotopic (exact) mass is 296 g/mol. The number of hydrogen-bond donors (Lipinski definition) is 1. The van der Waals surface area contributed by atoms with Crippen molar-refractivity contribution < 1.29 is 0 Å². The highest BCUT2D eigenvalue weighted by molar-refractivity contribution is 5.49. The van der Waals surface area contributed by atoms with Crippen LogP contribution in [0.1, 0.15) is 30.9 Å². The van der Waals surface area contributed by atoms with E-state index in [1.807, 2.05) is 0 Å².